The first-order valence-electron chi connectivity index (χ1n) is 7.81. The van der Waals surface area contributed by atoms with Gasteiger partial charge in [0.1, 0.15) is 0 Å². The molecule has 2 rings (SSSR count). The average molecular weight is 329 g/mol. The summed E-state index contributed by atoms with van der Waals surface area (Å²) < 4.78 is 0. The molecule has 2 nitrogen and oxygen atoms in total. The van der Waals surface area contributed by atoms with Crippen LogP contribution in [0.3, 0.4) is 0 Å². The van der Waals surface area contributed by atoms with Gasteiger partial charge in [0.05, 0.1) is 6.04 Å². The standard InChI is InChI=1S/C17H26Cl2N2/c1-20-16(14-12-13(18)8-9-15(14)19)17(21(2)3)10-6-4-5-7-11-17/h8-9,12,16,20H,4-7,10-11H2,1-3H3. The van der Waals surface area contributed by atoms with E-state index in [1.807, 2.05) is 25.2 Å². The minimum atomic E-state index is 0.0968. The fourth-order valence-electron chi connectivity index (χ4n) is 3.78. The van der Waals surface area contributed by atoms with Crippen molar-refractivity contribution in [1.82, 2.24) is 10.2 Å². The van der Waals surface area contributed by atoms with Crippen molar-refractivity contribution in [3.8, 4) is 0 Å². The minimum Gasteiger partial charge on any atom is -0.311 e. The highest BCUT2D eigenvalue weighted by Gasteiger charge is 2.41. The zero-order valence-corrected chi connectivity index (χ0v) is 14.8. The molecule has 0 amide bonds. The Kier molecular flexibility index (Phi) is 5.96. The van der Waals surface area contributed by atoms with E-state index in [1.54, 1.807) is 0 Å². The highest BCUT2D eigenvalue weighted by molar-refractivity contribution is 6.33. The van der Waals surface area contributed by atoms with Gasteiger partial charge in [-0.1, -0.05) is 48.9 Å². The summed E-state index contributed by atoms with van der Waals surface area (Å²) >= 11 is 12.7. The molecule has 0 aliphatic heterocycles. The normalized spacial score (nSPS) is 20.3. The van der Waals surface area contributed by atoms with E-state index in [2.05, 4.69) is 24.3 Å². The third-order valence-corrected chi connectivity index (χ3v) is 5.53. The summed E-state index contributed by atoms with van der Waals surface area (Å²) in [5.74, 6) is 0. The number of nitrogens with zero attached hydrogens (tertiary/aromatic N) is 1. The van der Waals surface area contributed by atoms with Crippen molar-refractivity contribution < 1.29 is 0 Å². The second kappa shape index (κ2) is 7.32. The molecular weight excluding hydrogens is 303 g/mol. The summed E-state index contributed by atoms with van der Waals surface area (Å²) in [6, 6.07) is 5.97. The predicted molar refractivity (Wildman–Crippen MR) is 92.4 cm³/mol. The molecule has 1 aromatic rings. The lowest BCUT2D eigenvalue weighted by molar-refractivity contribution is 0.0835. The van der Waals surface area contributed by atoms with Gasteiger partial charge in [0.15, 0.2) is 0 Å². The van der Waals surface area contributed by atoms with Gasteiger partial charge in [-0.2, -0.15) is 0 Å². The molecule has 4 heteroatoms. The molecule has 1 atom stereocenters. The topological polar surface area (TPSA) is 15.3 Å². The Labute approximate surface area is 138 Å². The smallest absolute Gasteiger partial charge is 0.0519 e. The number of rotatable bonds is 4. The van der Waals surface area contributed by atoms with Crippen LogP contribution in [-0.4, -0.2) is 31.6 Å². The molecule has 0 spiro atoms. The molecule has 0 bridgehead atoms. The highest BCUT2D eigenvalue weighted by atomic mass is 35.5. The van der Waals surface area contributed by atoms with Crippen LogP contribution in [-0.2, 0) is 0 Å². The van der Waals surface area contributed by atoms with Gasteiger partial charge in [-0.3, -0.25) is 0 Å². The Hall–Kier alpha value is -0.280. The average Bonchev–Trinajstić information content (AvgIpc) is 2.70. The zero-order valence-electron chi connectivity index (χ0n) is 13.3. The Morgan fingerprint density at radius 2 is 1.71 bits per heavy atom. The summed E-state index contributed by atoms with van der Waals surface area (Å²) in [6.07, 6.45) is 7.58. The summed E-state index contributed by atoms with van der Waals surface area (Å²) in [5, 5.41) is 5.06. The van der Waals surface area contributed by atoms with E-state index in [4.69, 9.17) is 23.2 Å². The molecule has 1 aliphatic carbocycles. The SMILES string of the molecule is CNC(c1cc(Cl)ccc1Cl)C1(N(C)C)CCCCCC1. The van der Waals surface area contributed by atoms with Gasteiger partial charge >= 0.3 is 0 Å². The molecule has 1 saturated carbocycles. The fourth-order valence-corrected chi connectivity index (χ4v) is 4.19. The van der Waals surface area contributed by atoms with Crippen LogP contribution in [0.4, 0.5) is 0 Å². The molecule has 1 unspecified atom stereocenters. The molecule has 0 saturated heterocycles. The summed E-state index contributed by atoms with van der Waals surface area (Å²) in [7, 11) is 6.40. The lowest BCUT2D eigenvalue weighted by atomic mass is 9.78. The van der Waals surface area contributed by atoms with Crippen molar-refractivity contribution in [2.45, 2.75) is 50.1 Å². The third-order valence-electron chi connectivity index (χ3n) is 4.96. The first-order valence-corrected chi connectivity index (χ1v) is 8.56. The highest BCUT2D eigenvalue weighted by Crippen LogP contribution is 2.43. The van der Waals surface area contributed by atoms with Gasteiger partial charge in [0.2, 0.25) is 0 Å². The van der Waals surface area contributed by atoms with E-state index >= 15 is 0 Å². The Morgan fingerprint density at radius 1 is 1.10 bits per heavy atom. The number of hydrogen-bond acceptors (Lipinski definition) is 2. The molecule has 1 fully saturated rings. The molecule has 0 heterocycles. The molecule has 1 N–H and O–H groups in total. The number of hydrogen-bond donors (Lipinski definition) is 1. The van der Waals surface area contributed by atoms with Crippen LogP contribution in [0, 0.1) is 0 Å². The van der Waals surface area contributed by atoms with E-state index in [-0.39, 0.29) is 11.6 Å². The zero-order chi connectivity index (χ0) is 15.5. The maximum Gasteiger partial charge on any atom is 0.0519 e. The molecule has 0 radical (unpaired) electrons. The number of likely N-dealkylation sites (N-methyl/N-ethyl adjacent to an activating group) is 2. The quantitative estimate of drug-likeness (QED) is 0.790. The summed E-state index contributed by atoms with van der Waals surface area (Å²) in [6.45, 7) is 0. The maximum absolute atomic E-state index is 6.48. The second-order valence-corrected chi connectivity index (χ2v) is 7.14. The number of halogens is 2. The first kappa shape index (κ1) is 17.1. The molecule has 21 heavy (non-hydrogen) atoms. The predicted octanol–water partition coefficient (Wildman–Crippen LogP) is 4.91. The van der Waals surface area contributed by atoms with Crippen LogP contribution in [0.2, 0.25) is 10.0 Å². The lowest BCUT2D eigenvalue weighted by Crippen LogP contribution is -2.53. The number of nitrogens with one attached hydrogen (secondary N) is 1. The van der Waals surface area contributed by atoms with E-state index < -0.39 is 0 Å². The van der Waals surface area contributed by atoms with Crippen molar-refractivity contribution >= 4 is 23.2 Å². The van der Waals surface area contributed by atoms with Crippen LogP contribution >= 0.6 is 23.2 Å². The van der Waals surface area contributed by atoms with E-state index in [0.29, 0.717) is 0 Å². The Morgan fingerprint density at radius 3 is 2.24 bits per heavy atom. The van der Waals surface area contributed by atoms with Crippen LogP contribution < -0.4 is 5.32 Å². The van der Waals surface area contributed by atoms with E-state index in [0.717, 1.165) is 15.6 Å². The van der Waals surface area contributed by atoms with Gasteiger partial charge in [-0.25, -0.2) is 0 Å². The second-order valence-electron chi connectivity index (χ2n) is 6.30. The monoisotopic (exact) mass is 328 g/mol. The summed E-state index contributed by atoms with van der Waals surface area (Å²) in [5.41, 5.74) is 1.21. The van der Waals surface area contributed by atoms with Gasteiger partial charge < -0.3 is 10.2 Å². The van der Waals surface area contributed by atoms with Gasteiger partial charge in [0.25, 0.3) is 0 Å². The van der Waals surface area contributed by atoms with Crippen molar-refractivity contribution in [3.63, 3.8) is 0 Å². The molecular formula is C17H26Cl2N2. The van der Waals surface area contributed by atoms with E-state index in [1.165, 1.54) is 38.5 Å². The first-order chi connectivity index (χ1) is 10.0. The largest absolute Gasteiger partial charge is 0.311 e. The number of benzene rings is 1. The molecule has 1 aliphatic rings. The van der Waals surface area contributed by atoms with Crippen molar-refractivity contribution in [3.05, 3.63) is 33.8 Å². The third kappa shape index (κ3) is 3.56. The van der Waals surface area contributed by atoms with Crippen LogP contribution in [0.5, 0.6) is 0 Å². The van der Waals surface area contributed by atoms with Crippen LogP contribution in [0.1, 0.15) is 50.1 Å². The van der Waals surface area contributed by atoms with E-state index in [9.17, 15) is 0 Å². The summed E-state index contributed by atoms with van der Waals surface area (Å²) in [4.78, 5) is 2.39. The van der Waals surface area contributed by atoms with Crippen LogP contribution in [0.15, 0.2) is 18.2 Å². The van der Waals surface area contributed by atoms with Gasteiger partial charge in [0, 0.05) is 15.6 Å². The minimum absolute atomic E-state index is 0.0968. The molecule has 0 aromatic heterocycles. The van der Waals surface area contributed by atoms with Crippen molar-refractivity contribution in [2.24, 2.45) is 0 Å². The Bertz CT molecular complexity index is 466. The Balaban J connectivity index is 2.46. The molecule has 1 aromatic carbocycles. The van der Waals surface area contributed by atoms with Crippen molar-refractivity contribution in [1.29, 1.82) is 0 Å². The van der Waals surface area contributed by atoms with Gasteiger partial charge in [-0.05, 0) is 57.7 Å². The van der Waals surface area contributed by atoms with Gasteiger partial charge in [-0.15, -0.1) is 0 Å². The van der Waals surface area contributed by atoms with Crippen molar-refractivity contribution in [2.75, 3.05) is 21.1 Å². The fraction of sp³-hybridized carbons (Fsp3) is 0.647. The molecule has 118 valence electrons. The van der Waals surface area contributed by atoms with Crippen LogP contribution in [0.25, 0.3) is 0 Å². The maximum atomic E-state index is 6.48. The lowest BCUT2D eigenvalue weighted by Gasteiger charge is -2.46.